The third-order valence-electron chi connectivity index (χ3n) is 3.84. The van der Waals surface area contributed by atoms with Crippen LogP contribution in [-0.2, 0) is 0 Å². The number of rotatable bonds is 4. The first-order valence-electron chi connectivity index (χ1n) is 7.29. The minimum atomic E-state index is -0.424. The lowest BCUT2D eigenvalue weighted by Crippen LogP contribution is -2.48. The Labute approximate surface area is 124 Å². The molecule has 21 heavy (non-hydrogen) atoms. The van der Waals surface area contributed by atoms with E-state index in [0.717, 1.165) is 39.1 Å². The van der Waals surface area contributed by atoms with Crippen LogP contribution in [0, 0.1) is 17.0 Å². The molecule has 6 nitrogen and oxygen atoms in total. The summed E-state index contributed by atoms with van der Waals surface area (Å²) in [6.45, 7) is 8.10. The Morgan fingerprint density at radius 2 is 1.95 bits per heavy atom. The van der Waals surface area contributed by atoms with E-state index in [1.54, 1.807) is 19.1 Å². The second-order valence-corrected chi connectivity index (χ2v) is 5.39. The zero-order valence-electron chi connectivity index (χ0n) is 12.5. The van der Waals surface area contributed by atoms with Crippen LogP contribution < -0.4 is 0 Å². The first-order valence-corrected chi connectivity index (χ1v) is 7.29. The van der Waals surface area contributed by atoms with Crippen LogP contribution in [0.15, 0.2) is 18.2 Å². The molecule has 0 aliphatic carbocycles. The largest absolute Gasteiger partial charge is 0.336 e. The van der Waals surface area contributed by atoms with Crippen molar-refractivity contribution in [2.24, 2.45) is 0 Å². The molecule has 1 aliphatic heterocycles. The van der Waals surface area contributed by atoms with E-state index >= 15 is 0 Å². The van der Waals surface area contributed by atoms with Crippen molar-refractivity contribution in [3.05, 3.63) is 39.4 Å². The molecule has 114 valence electrons. The Hall–Kier alpha value is -1.95. The number of nitro groups is 1. The number of hydrogen-bond acceptors (Lipinski definition) is 4. The zero-order valence-corrected chi connectivity index (χ0v) is 12.5. The molecule has 2 rings (SSSR count). The van der Waals surface area contributed by atoms with Gasteiger partial charge in [0.25, 0.3) is 11.6 Å². The fourth-order valence-electron chi connectivity index (χ4n) is 2.67. The second-order valence-electron chi connectivity index (χ2n) is 5.39. The highest BCUT2D eigenvalue weighted by Gasteiger charge is 2.22. The second kappa shape index (κ2) is 6.67. The van der Waals surface area contributed by atoms with Gasteiger partial charge in [0.05, 0.1) is 4.92 Å². The van der Waals surface area contributed by atoms with Gasteiger partial charge in [0.1, 0.15) is 0 Å². The maximum Gasteiger partial charge on any atom is 0.272 e. The molecule has 0 atom stereocenters. The first kappa shape index (κ1) is 15.4. The van der Waals surface area contributed by atoms with E-state index in [4.69, 9.17) is 0 Å². The van der Waals surface area contributed by atoms with E-state index in [0.29, 0.717) is 11.1 Å². The van der Waals surface area contributed by atoms with E-state index in [2.05, 4.69) is 11.8 Å². The highest BCUT2D eigenvalue weighted by atomic mass is 16.6. The van der Waals surface area contributed by atoms with Gasteiger partial charge in [0.2, 0.25) is 0 Å². The van der Waals surface area contributed by atoms with Crippen LogP contribution in [0.2, 0.25) is 0 Å². The molecule has 0 aromatic heterocycles. The van der Waals surface area contributed by atoms with Crippen molar-refractivity contribution < 1.29 is 9.72 Å². The third-order valence-corrected chi connectivity index (χ3v) is 3.84. The van der Waals surface area contributed by atoms with Crippen molar-refractivity contribution in [2.75, 3.05) is 32.7 Å². The van der Waals surface area contributed by atoms with E-state index < -0.39 is 4.92 Å². The van der Waals surface area contributed by atoms with Crippen LogP contribution in [0.1, 0.15) is 29.3 Å². The summed E-state index contributed by atoms with van der Waals surface area (Å²) in [5.74, 6) is -0.0378. The Morgan fingerprint density at radius 3 is 2.48 bits per heavy atom. The molecule has 1 amide bonds. The number of nitrogens with zero attached hydrogens (tertiary/aromatic N) is 3. The van der Waals surface area contributed by atoms with Crippen LogP contribution in [-0.4, -0.2) is 53.4 Å². The van der Waals surface area contributed by atoms with Gasteiger partial charge >= 0.3 is 0 Å². The average Bonchev–Trinajstić information content (AvgIpc) is 2.47. The quantitative estimate of drug-likeness (QED) is 0.629. The van der Waals surface area contributed by atoms with Crippen LogP contribution in [0.4, 0.5) is 5.69 Å². The maximum absolute atomic E-state index is 12.4. The fraction of sp³-hybridized carbons (Fsp3) is 0.533. The lowest BCUT2D eigenvalue weighted by Gasteiger charge is -2.34. The minimum absolute atomic E-state index is 0.0378. The van der Waals surface area contributed by atoms with Crippen LogP contribution in [0.5, 0.6) is 0 Å². The highest BCUT2D eigenvalue weighted by Crippen LogP contribution is 2.20. The van der Waals surface area contributed by atoms with E-state index in [9.17, 15) is 14.9 Å². The van der Waals surface area contributed by atoms with E-state index in [1.807, 2.05) is 4.90 Å². The summed E-state index contributed by atoms with van der Waals surface area (Å²) < 4.78 is 0. The van der Waals surface area contributed by atoms with Gasteiger partial charge in [-0.3, -0.25) is 19.8 Å². The van der Waals surface area contributed by atoms with Gasteiger partial charge < -0.3 is 4.90 Å². The minimum Gasteiger partial charge on any atom is -0.336 e. The average molecular weight is 291 g/mol. The molecule has 0 N–H and O–H groups in total. The number of hydrogen-bond donors (Lipinski definition) is 0. The molecule has 1 saturated heterocycles. The lowest BCUT2D eigenvalue weighted by molar-refractivity contribution is -0.385. The zero-order chi connectivity index (χ0) is 15.4. The van der Waals surface area contributed by atoms with Crippen molar-refractivity contribution in [3.8, 4) is 0 Å². The van der Waals surface area contributed by atoms with Crippen molar-refractivity contribution in [1.82, 2.24) is 9.80 Å². The van der Waals surface area contributed by atoms with Gasteiger partial charge in [-0.15, -0.1) is 0 Å². The van der Waals surface area contributed by atoms with Crippen molar-refractivity contribution in [2.45, 2.75) is 20.3 Å². The highest BCUT2D eigenvalue weighted by molar-refractivity contribution is 5.94. The fourth-order valence-corrected chi connectivity index (χ4v) is 2.67. The summed E-state index contributed by atoms with van der Waals surface area (Å²) in [7, 11) is 0. The number of nitro benzene ring substituents is 1. The number of benzene rings is 1. The normalized spacial score (nSPS) is 16.0. The van der Waals surface area contributed by atoms with Gasteiger partial charge in [0, 0.05) is 43.4 Å². The summed E-state index contributed by atoms with van der Waals surface area (Å²) >= 11 is 0. The smallest absolute Gasteiger partial charge is 0.272 e. The molecule has 1 aliphatic rings. The third kappa shape index (κ3) is 3.58. The predicted octanol–water partition coefficient (Wildman–Crippen LogP) is 2.07. The van der Waals surface area contributed by atoms with Crippen molar-refractivity contribution >= 4 is 11.6 Å². The summed E-state index contributed by atoms with van der Waals surface area (Å²) in [6, 6.07) is 4.57. The number of aryl methyl sites for hydroxylation is 1. The van der Waals surface area contributed by atoms with Crippen molar-refractivity contribution in [3.63, 3.8) is 0 Å². The summed E-state index contributed by atoms with van der Waals surface area (Å²) in [6.07, 6.45) is 1.12. The summed E-state index contributed by atoms with van der Waals surface area (Å²) in [5.41, 5.74) is 1.11. The van der Waals surface area contributed by atoms with Gasteiger partial charge in [-0.1, -0.05) is 6.92 Å². The molecule has 6 heteroatoms. The molecule has 0 radical (unpaired) electrons. The number of carbonyl (C=O) groups excluding carboxylic acids is 1. The van der Waals surface area contributed by atoms with Gasteiger partial charge in [-0.25, -0.2) is 0 Å². The number of carbonyl (C=O) groups is 1. The Bertz CT molecular complexity index is 537. The Morgan fingerprint density at radius 1 is 1.29 bits per heavy atom. The van der Waals surface area contributed by atoms with Crippen LogP contribution in [0.25, 0.3) is 0 Å². The summed E-state index contributed by atoms with van der Waals surface area (Å²) in [4.78, 5) is 27.0. The number of piperazine rings is 1. The van der Waals surface area contributed by atoms with Crippen LogP contribution >= 0.6 is 0 Å². The molecule has 0 spiro atoms. The Kier molecular flexibility index (Phi) is 4.90. The van der Waals surface area contributed by atoms with Crippen molar-refractivity contribution in [1.29, 1.82) is 0 Å². The molecule has 1 aromatic carbocycles. The molecule has 1 heterocycles. The molecule has 1 fully saturated rings. The SMILES string of the molecule is CCCN1CCN(C(=O)c2ccc([N+](=O)[O-])c(C)c2)CC1. The van der Waals surface area contributed by atoms with E-state index in [1.165, 1.54) is 6.07 Å². The summed E-state index contributed by atoms with van der Waals surface area (Å²) in [5, 5.41) is 10.8. The first-order chi connectivity index (χ1) is 10.0. The molecule has 0 saturated carbocycles. The van der Waals surface area contributed by atoms with Crippen LogP contribution in [0.3, 0.4) is 0 Å². The van der Waals surface area contributed by atoms with E-state index in [-0.39, 0.29) is 11.6 Å². The molecule has 0 unspecified atom stereocenters. The lowest BCUT2D eigenvalue weighted by atomic mass is 10.1. The number of amides is 1. The van der Waals surface area contributed by atoms with Gasteiger partial charge in [0.15, 0.2) is 0 Å². The van der Waals surface area contributed by atoms with Gasteiger partial charge in [-0.05, 0) is 32.0 Å². The van der Waals surface area contributed by atoms with Gasteiger partial charge in [-0.2, -0.15) is 0 Å². The Balaban J connectivity index is 2.04. The predicted molar refractivity (Wildman–Crippen MR) is 80.5 cm³/mol. The molecule has 1 aromatic rings. The standard InChI is InChI=1S/C15H21N3O3/c1-3-6-16-7-9-17(10-8-16)15(19)13-4-5-14(18(20)21)12(2)11-13/h4-5,11H,3,6-10H2,1-2H3. The topological polar surface area (TPSA) is 66.7 Å². The monoisotopic (exact) mass is 291 g/mol. The molecular formula is C15H21N3O3. The maximum atomic E-state index is 12.4. The molecule has 0 bridgehead atoms. The molecular weight excluding hydrogens is 270 g/mol.